The predicted octanol–water partition coefficient (Wildman–Crippen LogP) is 2.55. The zero-order valence-electron chi connectivity index (χ0n) is 14.5. The van der Waals surface area contributed by atoms with Crippen molar-refractivity contribution in [3.63, 3.8) is 0 Å². The van der Waals surface area contributed by atoms with E-state index in [9.17, 15) is 4.79 Å². The molecule has 2 saturated heterocycles. The fraction of sp³-hybridized carbons (Fsp3) is 0.350. The summed E-state index contributed by atoms with van der Waals surface area (Å²) in [6, 6.07) is 12.7. The quantitative estimate of drug-likeness (QED) is 0.735. The number of H-pyrrole nitrogens is 1. The van der Waals surface area contributed by atoms with Gasteiger partial charge in [-0.2, -0.15) is 0 Å². The molecule has 5 rings (SSSR count). The first-order valence-corrected chi connectivity index (χ1v) is 9.16. The summed E-state index contributed by atoms with van der Waals surface area (Å²) in [5.74, 6) is 0.996. The topological polar surface area (TPSA) is 65.1 Å². The van der Waals surface area contributed by atoms with Crippen LogP contribution in [-0.4, -0.2) is 51.3 Å². The van der Waals surface area contributed by atoms with Crippen LogP contribution < -0.4 is 4.90 Å². The average Bonchev–Trinajstić information content (AvgIpc) is 3.25. The number of fused-ring (bicyclic) bond motifs is 3. The highest BCUT2D eigenvalue weighted by Crippen LogP contribution is 2.38. The molecule has 26 heavy (non-hydrogen) atoms. The zero-order chi connectivity index (χ0) is 17.5. The maximum Gasteiger partial charge on any atom is 0.142 e. The highest BCUT2D eigenvalue weighted by atomic mass is 16.1. The van der Waals surface area contributed by atoms with E-state index in [0.717, 1.165) is 54.6 Å². The molecule has 3 aromatic rings. The summed E-state index contributed by atoms with van der Waals surface area (Å²) in [6.45, 7) is 1.79. The van der Waals surface area contributed by atoms with Gasteiger partial charge in [0.25, 0.3) is 0 Å². The number of benzene rings is 1. The molecule has 6 nitrogen and oxygen atoms in total. The lowest BCUT2D eigenvalue weighted by molar-refractivity contribution is -0.114. The number of aromatic nitrogens is 3. The van der Waals surface area contributed by atoms with E-state index in [1.807, 2.05) is 30.5 Å². The van der Waals surface area contributed by atoms with Crippen molar-refractivity contribution in [2.24, 2.45) is 0 Å². The number of carbonyl (C=O) groups excluding carboxylic acids is 1. The molecular formula is C20H21N5O. The molecular weight excluding hydrogens is 326 g/mol. The van der Waals surface area contributed by atoms with Crippen molar-refractivity contribution in [3.8, 4) is 0 Å². The lowest BCUT2D eigenvalue weighted by Crippen LogP contribution is -2.55. The van der Waals surface area contributed by atoms with Gasteiger partial charge in [0.1, 0.15) is 24.1 Å². The number of aldehydes is 1. The molecule has 0 radical (unpaired) electrons. The number of nitrogens with zero attached hydrogens (tertiary/aromatic N) is 4. The van der Waals surface area contributed by atoms with Crippen LogP contribution in [-0.2, 0) is 4.79 Å². The second-order valence-corrected chi connectivity index (χ2v) is 7.17. The Labute approximate surface area is 151 Å². The minimum absolute atomic E-state index is 0.159. The highest BCUT2D eigenvalue weighted by molar-refractivity contribution is 5.87. The molecule has 1 aromatic carbocycles. The normalized spacial score (nSPS) is 24.1. The second-order valence-electron chi connectivity index (χ2n) is 7.17. The number of aromatic amines is 1. The van der Waals surface area contributed by atoms with Gasteiger partial charge in [-0.25, -0.2) is 9.97 Å². The van der Waals surface area contributed by atoms with Crippen LogP contribution >= 0.6 is 0 Å². The molecule has 132 valence electrons. The summed E-state index contributed by atoms with van der Waals surface area (Å²) in [7, 11) is 0. The van der Waals surface area contributed by atoms with E-state index in [0.29, 0.717) is 12.1 Å². The second kappa shape index (κ2) is 6.21. The van der Waals surface area contributed by atoms with Gasteiger partial charge >= 0.3 is 0 Å². The first kappa shape index (κ1) is 15.5. The van der Waals surface area contributed by atoms with Crippen molar-refractivity contribution < 1.29 is 4.79 Å². The Bertz CT molecular complexity index is 910. The number of nitrogens with one attached hydrogen (secondary N) is 1. The third-order valence-corrected chi connectivity index (χ3v) is 5.76. The standard InChI is InChI=1S/C20H21N5O/c26-12-18(14-4-2-1-3-5-14)25-15-6-7-16(25)11-24(10-15)20-17-8-9-21-19(17)22-13-23-20/h1-5,8-9,12-13,15-16,18H,6-7,10-11H2,(H,21,22,23). The van der Waals surface area contributed by atoms with E-state index in [1.54, 1.807) is 6.33 Å². The summed E-state index contributed by atoms with van der Waals surface area (Å²) in [6.07, 6.45) is 6.89. The van der Waals surface area contributed by atoms with Crippen molar-refractivity contribution in [3.05, 3.63) is 54.5 Å². The molecule has 2 aromatic heterocycles. The SMILES string of the molecule is O=CC(c1ccccc1)N1C2CCC1CN(c1ncnc3[nH]ccc13)C2. The van der Waals surface area contributed by atoms with Crippen LogP contribution in [0.3, 0.4) is 0 Å². The molecule has 0 saturated carbocycles. The van der Waals surface area contributed by atoms with E-state index in [-0.39, 0.29) is 6.04 Å². The third kappa shape index (κ3) is 2.41. The number of piperazine rings is 1. The largest absolute Gasteiger partial charge is 0.353 e. The van der Waals surface area contributed by atoms with Crippen LogP contribution in [0.4, 0.5) is 5.82 Å². The van der Waals surface area contributed by atoms with Gasteiger partial charge in [0, 0.05) is 31.4 Å². The van der Waals surface area contributed by atoms with Gasteiger partial charge in [-0.3, -0.25) is 4.90 Å². The van der Waals surface area contributed by atoms with Crippen LogP contribution in [0.5, 0.6) is 0 Å². The van der Waals surface area contributed by atoms with Gasteiger partial charge in [0.05, 0.1) is 11.4 Å². The molecule has 2 aliphatic rings. The Morgan fingerprint density at radius 3 is 2.58 bits per heavy atom. The molecule has 2 fully saturated rings. The summed E-state index contributed by atoms with van der Waals surface area (Å²) in [5, 5.41) is 1.07. The molecule has 4 heterocycles. The molecule has 3 unspecified atom stereocenters. The molecule has 6 heteroatoms. The monoisotopic (exact) mass is 347 g/mol. The molecule has 0 spiro atoms. The maximum atomic E-state index is 11.9. The van der Waals surface area contributed by atoms with Crippen LogP contribution in [0.2, 0.25) is 0 Å². The number of carbonyl (C=O) groups is 1. The lowest BCUT2D eigenvalue weighted by atomic mass is 10.0. The van der Waals surface area contributed by atoms with Crippen LogP contribution in [0.15, 0.2) is 48.9 Å². The summed E-state index contributed by atoms with van der Waals surface area (Å²) >= 11 is 0. The van der Waals surface area contributed by atoms with E-state index < -0.39 is 0 Å². The summed E-state index contributed by atoms with van der Waals surface area (Å²) in [5.41, 5.74) is 1.96. The minimum Gasteiger partial charge on any atom is -0.353 e. The number of hydrogen-bond donors (Lipinski definition) is 1. The predicted molar refractivity (Wildman–Crippen MR) is 100.0 cm³/mol. The summed E-state index contributed by atoms with van der Waals surface area (Å²) < 4.78 is 0. The maximum absolute atomic E-state index is 11.9. The fourth-order valence-corrected chi connectivity index (χ4v) is 4.64. The van der Waals surface area contributed by atoms with E-state index in [2.05, 4.69) is 36.9 Å². The van der Waals surface area contributed by atoms with Crippen LogP contribution in [0.25, 0.3) is 11.0 Å². The molecule has 1 N–H and O–H groups in total. The molecule has 3 atom stereocenters. The third-order valence-electron chi connectivity index (χ3n) is 5.76. The van der Waals surface area contributed by atoms with Crippen LogP contribution in [0.1, 0.15) is 24.4 Å². The first-order chi connectivity index (χ1) is 12.8. The van der Waals surface area contributed by atoms with Crippen molar-refractivity contribution in [2.45, 2.75) is 31.0 Å². The number of rotatable bonds is 4. The van der Waals surface area contributed by atoms with Crippen molar-refractivity contribution in [1.82, 2.24) is 19.9 Å². The lowest BCUT2D eigenvalue weighted by Gasteiger charge is -2.44. The Kier molecular flexibility index (Phi) is 3.71. The van der Waals surface area contributed by atoms with Crippen molar-refractivity contribution in [2.75, 3.05) is 18.0 Å². The minimum atomic E-state index is -0.159. The number of anilines is 1. The van der Waals surface area contributed by atoms with Gasteiger partial charge in [-0.05, 0) is 24.5 Å². The Morgan fingerprint density at radius 2 is 1.85 bits per heavy atom. The van der Waals surface area contributed by atoms with Gasteiger partial charge in [0.15, 0.2) is 0 Å². The molecule has 0 amide bonds. The highest BCUT2D eigenvalue weighted by Gasteiger charge is 2.44. The van der Waals surface area contributed by atoms with Gasteiger partial charge < -0.3 is 14.7 Å². The summed E-state index contributed by atoms with van der Waals surface area (Å²) in [4.78, 5) is 28.7. The van der Waals surface area contributed by atoms with Crippen LogP contribution in [0, 0.1) is 0 Å². The molecule has 0 aliphatic carbocycles. The number of hydrogen-bond acceptors (Lipinski definition) is 5. The van der Waals surface area contributed by atoms with Gasteiger partial charge in [-0.15, -0.1) is 0 Å². The molecule has 2 bridgehead atoms. The first-order valence-electron chi connectivity index (χ1n) is 9.16. The van der Waals surface area contributed by atoms with E-state index in [4.69, 9.17) is 0 Å². The zero-order valence-corrected chi connectivity index (χ0v) is 14.5. The van der Waals surface area contributed by atoms with E-state index in [1.165, 1.54) is 0 Å². The van der Waals surface area contributed by atoms with Gasteiger partial charge in [0.2, 0.25) is 0 Å². The van der Waals surface area contributed by atoms with Crippen molar-refractivity contribution >= 4 is 23.1 Å². The molecule has 2 aliphatic heterocycles. The fourth-order valence-electron chi connectivity index (χ4n) is 4.64. The Hall–Kier alpha value is -2.73. The average molecular weight is 347 g/mol. The smallest absolute Gasteiger partial charge is 0.142 e. The Morgan fingerprint density at radius 1 is 1.08 bits per heavy atom. The van der Waals surface area contributed by atoms with E-state index >= 15 is 0 Å². The van der Waals surface area contributed by atoms with Crippen molar-refractivity contribution in [1.29, 1.82) is 0 Å². The Balaban J connectivity index is 1.45. The van der Waals surface area contributed by atoms with Gasteiger partial charge in [-0.1, -0.05) is 30.3 Å².